The largest absolute Gasteiger partial charge is 0.472 e. The van der Waals surface area contributed by atoms with Gasteiger partial charge in [0.05, 0.1) is 6.61 Å². The molecule has 0 aromatic heterocycles. The first-order valence-electron chi connectivity index (χ1n) is 7.38. The summed E-state index contributed by atoms with van der Waals surface area (Å²) in [6.07, 6.45) is -7.84. The molecular weight excluding hydrogens is 351 g/mol. The van der Waals surface area contributed by atoms with Gasteiger partial charge in [-0.25, -0.2) is 4.57 Å². The predicted octanol–water partition coefficient (Wildman–Crippen LogP) is -1.20. The van der Waals surface area contributed by atoms with Crippen LogP contribution in [0.15, 0.2) is 0 Å². The van der Waals surface area contributed by atoms with Crippen LogP contribution in [0, 0.1) is 0 Å². The molecule has 0 aromatic carbocycles. The predicted molar refractivity (Wildman–Crippen MR) is 83.0 cm³/mol. The summed E-state index contributed by atoms with van der Waals surface area (Å²) in [5, 5.41) is 47.9. The smallest absolute Gasteiger partial charge is 0.387 e. The lowest BCUT2D eigenvalue weighted by molar-refractivity contribution is -0.220. The minimum absolute atomic E-state index is 0.0625. The molecule has 0 bridgehead atoms. The highest BCUT2D eigenvalue weighted by Crippen LogP contribution is 2.47. The van der Waals surface area contributed by atoms with Crippen molar-refractivity contribution < 1.29 is 44.0 Å². The van der Waals surface area contributed by atoms with Crippen molar-refractivity contribution >= 4 is 20.5 Å². The van der Waals surface area contributed by atoms with E-state index in [2.05, 4.69) is 17.2 Å². The number of thiol groups is 1. The maximum absolute atomic E-state index is 11.8. The van der Waals surface area contributed by atoms with E-state index in [9.17, 15) is 35.0 Å². The van der Waals surface area contributed by atoms with E-state index in [-0.39, 0.29) is 6.61 Å². The maximum atomic E-state index is 11.8. The molecule has 1 fully saturated rings. The summed E-state index contributed by atoms with van der Waals surface area (Å²) in [6.45, 7) is -0.0625. The van der Waals surface area contributed by atoms with Gasteiger partial charge < -0.3 is 30.4 Å². The van der Waals surface area contributed by atoms with Crippen LogP contribution in [0.5, 0.6) is 0 Å². The number of hydrogen-bond acceptors (Lipinski definition) is 9. The third-order valence-corrected chi connectivity index (χ3v) is 4.97. The van der Waals surface area contributed by atoms with Crippen LogP contribution in [-0.2, 0) is 13.6 Å². The minimum atomic E-state index is -4.60. The molecule has 3 unspecified atom stereocenters. The van der Waals surface area contributed by atoms with E-state index in [0.29, 0.717) is 6.42 Å². The molecular formula is C12H25O9PS. The molecule has 0 radical (unpaired) electrons. The van der Waals surface area contributed by atoms with Gasteiger partial charge in [-0.05, 0) is 18.6 Å². The zero-order chi connectivity index (χ0) is 17.6. The molecule has 11 heteroatoms. The first-order chi connectivity index (χ1) is 10.7. The fourth-order valence-corrected chi connectivity index (χ4v) is 3.45. The highest BCUT2D eigenvalue weighted by molar-refractivity contribution is 7.80. The van der Waals surface area contributed by atoms with E-state index in [1.54, 1.807) is 0 Å². The molecule has 0 saturated heterocycles. The highest BCUT2D eigenvalue weighted by atomic mass is 32.1. The van der Waals surface area contributed by atoms with E-state index in [1.807, 2.05) is 0 Å². The molecule has 1 aliphatic rings. The topological polar surface area (TPSA) is 157 Å². The molecule has 1 rings (SSSR count). The summed E-state index contributed by atoms with van der Waals surface area (Å²) < 4.78 is 21.2. The summed E-state index contributed by atoms with van der Waals surface area (Å²) in [5.41, 5.74) is 0. The van der Waals surface area contributed by atoms with E-state index in [0.717, 1.165) is 25.0 Å². The van der Waals surface area contributed by atoms with Crippen LogP contribution >= 0.6 is 20.5 Å². The van der Waals surface area contributed by atoms with Gasteiger partial charge in [-0.2, -0.15) is 12.6 Å². The molecule has 138 valence electrons. The summed E-state index contributed by atoms with van der Waals surface area (Å²) >= 11 is 4.06. The summed E-state index contributed by atoms with van der Waals surface area (Å²) in [7, 11) is -4.60. The Labute approximate surface area is 139 Å². The monoisotopic (exact) mass is 376 g/mol. The summed E-state index contributed by atoms with van der Waals surface area (Å²) in [6, 6.07) is 0. The molecule has 9 nitrogen and oxygen atoms in total. The Balaban J connectivity index is 2.50. The molecule has 23 heavy (non-hydrogen) atoms. The zero-order valence-corrected chi connectivity index (χ0v) is 14.3. The first-order valence-corrected chi connectivity index (χ1v) is 9.51. The SMILES string of the molecule is O=P(O)(OCCCCCCS)OC1[C@H](O)[C@H](O)C(O)[C@H](O)[C@H]1O. The lowest BCUT2D eigenvalue weighted by Crippen LogP contribution is -2.64. The van der Waals surface area contributed by atoms with Gasteiger partial charge in [0.15, 0.2) is 0 Å². The van der Waals surface area contributed by atoms with Crippen molar-refractivity contribution in [3.63, 3.8) is 0 Å². The van der Waals surface area contributed by atoms with Crippen LogP contribution in [-0.4, -0.2) is 79.4 Å². The first kappa shape index (κ1) is 21.3. The molecule has 0 spiro atoms. The van der Waals surface area contributed by atoms with Crippen LogP contribution in [0.1, 0.15) is 25.7 Å². The number of phosphoric acid groups is 1. The van der Waals surface area contributed by atoms with Crippen molar-refractivity contribution in [2.45, 2.75) is 62.3 Å². The molecule has 0 aromatic rings. The Morgan fingerprint density at radius 1 is 0.826 bits per heavy atom. The second-order valence-corrected chi connectivity index (χ2v) is 7.32. The second kappa shape index (κ2) is 9.67. The normalized spacial score (nSPS) is 37.5. The molecule has 0 amide bonds. The quantitative estimate of drug-likeness (QED) is 0.149. The number of aliphatic hydroxyl groups is 5. The van der Waals surface area contributed by atoms with Crippen LogP contribution in [0.25, 0.3) is 0 Å². The molecule has 1 aliphatic carbocycles. The Hall–Kier alpha value is 0.260. The number of rotatable bonds is 9. The van der Waals surface area contributed by atoms with Gasteiger partial charge in [0, 0.05) is 0 Å². The van der Waals surface area contributed by atoms with E-state index in [4.69, 9.17) is 4.52 Å². The van der Waals surface area contributed by atoms with Gasteiger partial charge >= 0.3 is 7.82 Å². The fraction of sp³-hybridized carbons (Fsp3) is 1.00. The van der Waals surface area contributed by atoms with Gasteiger partial charge in [0.1, 0.15) is 36.6 Å². The van der Waals surface area contributed by atoms with Crippen LogP contribution < -0.4 is 0 Å². The second-order valence-electron chi connectivity index (χ2n) is 5.46. The number of phosphoric ester groups is 1. The van der Waals surface area contributed by atoms with Crippen molar-refractivity contribution in [3.8, 4) is 0 Å². The van der Waals surface area contributed by atoms with E-state index >= 15 is 0 Å². The van der Waals surface area contributed by atoms with Gasteiger partial charge in [-0.3, -0.25) is 9.05 Å². The lowest BCUT2D eigenvalue weighted by Gasteiger charge is -2.41. The van der Waals surface area contributed by atoms with Crippen LogP contribution in [0.2, 0.25) is 0 Å². The van der Waals surface area contributed by atoms with Crippen molar-refractivity contribution in [1.29, 1.82) is 0 Å². The third-order valence-electron chi connectivity index (χ3n) is 3.63. The lowest BCUT2D eigenvalue weighted by atomic mass is 9.85. The number of hydrogen-bond donors (Lipinski definition) is 7. The molecule has 0 heterocycles. The Morgan fingerprint density at radius 3 is 1.83 bits per heavy atom. The standard InChI is InChI=1S/C12H25O9PS/c13-7-8(14)10(16)12(11(17)9(7)15)21-22(18,19)20-5-3-1-2-4-6-23/h7-17,23H,1-6H2,(H,18,19)/t7?,8-,9+,10-,11-,12?/m1/s1. The van der Waals surface area contributed by atoms with Crippen molar-refractivity contribution in [1.82, 2.24) is 0 Å². The average Bonchev–Trinajstić information content (AvgIpc) is 2.51. The van der Waals surface area contributed by atoms with Gasteiger partial charge in [0.25, 0.3) is 0 Å². The Kier molecular flexibility index (Phi) is 8.95. The van der Waals surface area contributed by atoms with Crippen molar-refractivity contribution in [3.05, 3.63) is 0 Å². The Bertz CT molecular complexity index is 383. The van der Waals surface area contributed by atoms with Gasteiger partial charge in [-0.1, -0.05) is 12.8 Å². The minimum Gasteiger partial charge on any atom is -0.387 e. The van der Waals surface area contributed by atoms with E-state index in [1.165, 1.54) is 0 Å². The summed E-state index contributed by atoms with van der Waals surface area (Å²) in [5.74, 6) is 0.760. The molecule has 0 aliphatic heterocycles. The highest BCUT2D eigenvalue weighted by Gasteiger charge is 2.51. The number of aliphatic hydroxyl groups excluding tert-OH is 5. The molecule has 1 saturated carbocycles. The van der Waals surface area contributed by atoms with Crippen molar-refractivity contribution in [2.75, 3.05) is 12.4 Å². The molecule has 6 N–H and O–H groups in total. The molecule has 7 atom stereocenters. The van der Waals surface area contributed by atoms with Gasteiger partial charge in [0.2, 0.25) is 0 Å². The average molecular weight is 376 g/mol. The fourth-order valence-electron chi connectivity index (χ4n) is 2.25. The van der Waals surface area contributed by atoms with E-state index < -0.39 is 44.4 Å². The summed E-state index contributed by atoms with van der Waals surface area (Å²) in [4.78, 5) is 9.59. The van der Waals surface area contributed by atoms with Crippen LogP contribution in [0.4, 0.5) is 0 Å². The maximum Gasteiger partial charge on any atom is 0.472 e. The number of unbranched alkanes of at least 4 members (excludes halogenated alkanes) is 3. The van der Waals surface area contributed by atoms with Gasteiger partial charge in [-0.15, -0.1) is 0 Å². The zero-order valence-electron chi connectivity index (χ0n) is 12.5. The Morgan fingerprint density at radius 2 is 1.30 bits per heavy atom. The third kappa shape index (κ3) is 6.24. The van der Waals surface area contributed by atoms with Crippen LogP contribution in [0.3, 0.4) is 0 Å². The van der Waals surface area contributed by atoms with Crippen molar-refractivity contribution in [2.24, 2.45) is 0 Å².